The summed E-state index contributed by atoms with van der Waals surface area (Å²) < 4.78 is 13.6. The second-order valence-electron chi connectivity index (χ2n) is 4.67. The molecule has 9 nitrogen and oxygen atoms in total. The second-order valence-corrected chi connectivity index (χ2v) is 4.67. The number of hydrogen-bond acceptors (Lipinski definition) is 5. The normalized spacial score (nSPS) is 11.5. The van der Waals surface area contributed by atoms with Gasteiger partial charge in [0.2, 0.25) is 17.9 Å². The molecule has 0 radical (unpaired) electrons. The lowest BCUT2D eigenvalue weighted by Crippen LogP contribution is -2.46. The van der Waals surface area contributed by atoms with Gasteiger partial charge in [0, 0.05) is 5.69 Å². The largest absolute Gasteiger partial charge is 0.478 e. The molecule has 1 aromatic heterocycles. The number of nitrogens with one attached hydrogen (secondary N) is 3. The van der Waals surface area contributed by atoms with E-state index in [4.69, 9.17) is 5.11 Å². The van der Waals surface area contributed by atoms with Crippen molar-refractivity contribution in [1.29, 1.82) is 0 Å². The molecule has 1 aromatic carbocycles. The van der Waals surface area contributed by atoms with Crippen LogP contribution in [0.1, 0.15) is 6.17 Å². The second kappa shape index (κ2) is 7.22. The third-order valence-corrected chi connectivity index (χ3v) is 2.96. The summed E-state index contributed by atoms with van der Waals surface area (Å²) >= 11 is 0. The van der Waals surface area contributed by atoms with Gasteiger partial charge in [-0.15, -0.1) is 0 Å². The van der Waals surface area contributed by atoms with Crippen molar-refractivity contribution in [1.82, 2.24) is 14.9 Å². The van der Waals surface area contributed by atoms with Crippen molar-refractivity contribution in [3.63, 3.8) is 0 Å². The van der Waals surface area contributed by atoms with Gasteiger partial charge in [-0.2, -0.15) is 4.39 Å². The minimum absolute atomic E-state index is 0.269. The summed E-state index contributed by atoms with van der Waals surface area (Å²) in [5, 5.41) is 14.0. The molecule has 4 N–H and O–H groups in total. The van der Waals surface area contributed by atoms with Crippen molar-refractivity contribution < 1.29 is 19.1 Å². The van der Waals surface area contributed by atoms with Gasteiger partial charge in [-0.05, 0) is 12.1 Å². The smallest absolute Gasteiger partial charge is 0.347 e. The van der Waals surface area contributed by atoms with Gasteiger partial charge in [-0.1, -0.05) is 18.2 Å². The number of carboxylic acid groups (broad SMARTS) is 1. The van der Waals surface area contributed by atoms with E-state index < -0.39 is 35.1 Å². The third-order valence-electron chi connectivity index (χ3n) is 2.96. The number of carbonyl (C=O) groups is 2. The van der Waals surface area contributed by atoms with Gasteiger partial charge in [-0.25, -0.2) is 9.59 Å². The Morgan fingerprint density at radius 3 is 2.54 bits per heavy atom. The number of carbonyl (C=O) groups excluding carboxylic acids is 1. The summed E-state index contributed by atoms with van der Waals surface area (Å²) in [6, 6.07) is 8.66. The zero-order chi connectivity index (χ0) is 17.7. The van der Waals surface area contributed by atoms with Gasteiger partial charge in [0.25, 0.3) is 5.56 Å². The number of aromatic amines is 1. The molecule has 126 valence electrons. The van der Waals surface area contributed by atoms with Crippen LogP contribution in [-0.2, 0) is 9.59 Å². The number of anilines is 1. The predicted molar refractivity (Wildman–Crippen MR) is 81.0 cm³/mol. The van der Waals surface area contributed by atoms with E-state index in [9.17, 15) is 23.6 Å². The molecule has 2 aromatic rings. The molecule has 2 rings (SSSR count). The van der Waals surface area contributed by atoms with Crippen molar-refractivity contribution >= 4 is 17.6 Å². The van der Waals surface area contributed by atoms with E-state index >= 15 is 0 Å². The standard InChI is InChI=1S/C14H13FN4O5/c15-9-7-19(14(24)18-12(9)21)11(13(22)23)17-10(20)6-16-8-4-2-1-3-5-8/h1-5,7,11,16H,6H2,(H,17,20)(H,22,23)(H,18,21,24). The van der Waals surface area contributed by atoms with Crippen LogP contribution in [0.25, 0.3) is 0 Å². The number of aromatic nitrogens is 2. The van der Waals surface area contributed by atoms with E-state index in [1.165, 1.54) is 0 Å². The summed E-state index contributed by atoms with van der Waals surface area (Å²) in [5.74, 6) is -3.70. The molecule has 0 saturated carbocycles. The molecule has 0 aliphatic carbocycles. The van der Waals surface area contributed by atoms with Gasteiger partial charge < -0.3 is 15.7 Å². The van der Waals surface area contributed by atoms with E-state index in [2.05, 4.69) is 10.6 Å². The van der Waals surface area contributed by atoms with E-state index in [0.29, 0.717) is 16.5 Å². The molecule has 10 heteroatoms. The number of H-pyrrole nitrogens is 1. The Hall–Kier alpha value is -3.43. The minimum Gasteiger partial charge on any atom is -0.478 e. The quantitative estimate of drug-likeness (QED) is 0.561. The van der Waals surface area contributed by atoms with E-state index in [0.717, 1.165) is 0 Å². The number of para-hydroxylation sites is 1. The number of amides is 1. The molecular weight excluding hydrogens is 323 g/mol. The Bertz CT molecular complexity index is 861. The number of hydrogen-bond donors (Lipinski definition) is 4. The molecule has 1 atom stereocenters. The minimum atomic E-state index is -1.87. The molecule has 1 amide bonds. The lowest BCUT2D eigenvalue weighted by molar-refractivity contribution is -0.144. The van der Waals surface area contributed by atoms with Crippen LogP contribution in [0.4, 0.5) is 10.1 Å². The highest BCUT2D eigenvalue weighted by molar-refractivity contribution is 5.85. The van der Waals surface area contributed by atoms with Crippen LogP contribution in [0, 0.1) is 5.82 Å². The molecule has 0 bridgehead atoms. The average molecular weight is 336 g/mol. The van der Waals surface area contributed by atoms with Crippen molar-refractivity contribution in [2.45, 2.75) is 6.17 Å². The fraction of sp³-hybridized carbons (Fsp3) is 0.143. The van der Waals surface area contributed by atoms with E-state index in [-0.39, 0.29) is 6.54 Å². The summed E-state index contributed by atoms with van der Waals surface area (Å²) in [6.45, 7) is -0.269. The highest BCUT2D eigenvalue weighted by atomic mass is 19.1. The fourth-order valence-electron chi connectivity index (χ4n) is 1.84. The molecule has 0 aliphatic heterocycles. The highest BCUT2D eigenvalue weighted by Crippen LogP contribution is 2.04. The van der Waals surface area contributed by atoms with Gasteiger partial charge in [0.1, 0.15) is 0 Å². The number of carboxylic acids is 1. The van der Waals surface area contributed by atoms with Crippen LogP contribution in [0.2, 0.25) is 0 Å². The fourth-order valence-corrected chi connectivity index (χ4v) is 1.84. The zero-order valence-electron chi connectivity index (χ0n) is 12.2. The third kappa shape index (κ3) is 4.06. The first kappa shape index (κ1) is 16.9. The van der Waals surface area contributed by atoms with Crippen molar-refractivity contribution in [2.24, 2.45) is 0 Å². The van der Waals surface area contributed by atoms with Crippen LogP contribution in [-0.4, -0.2) is 33.1 Å². The van der Waals surface area contributed by atoms with Crippen LogP contribution < -0.4 is 21.9 Å². The lowest BCUT2D eigenvalue weighted by atomic mass is 10.3. The van der Waals surface area contributed by atoms with Crippen LogP contribution in [0.15, 0.2) is 46.1 Å². The topological polar surface area (TPSA) is 133 Å². The Balaban J connectivity index is 2.13. The van der Waals surface area contributed by atoms with Gasteiger partial charge in [0.15, 0.2) is 0 Å². The first-order valence-corrected chi connectivity index (χ1v) is 6.70. The zero-order valence-corrected chi connectivity index (χ0v) is 12.2. The monoisotopic (exact) mass is 336 g/mol. The van der Waals surface area contributed by atoms with Crippen molar-refractivity contribution in [2.75, 3.05) is 11.9 Å². The van der Waals surface area contributed by atoms with Crippen LogP contribution >= 0.6 is 0 Å². The SMILES string of the molecule is O=C(CNc1ccccc1)NC(C(=O)O)n1cc(F)c(=O)[nH]c1=O. The first-order chi connectivity index (χ1) is 11.4. The van der Waals surface area contributed by atoms with Crippen molar-refractivity contribution in [3.8, 4) is 0 Å². The molecular formula is C14H13FN4O5. The predicted octanol–water partition coefficient (Wildman–Crippen LogP) is -0.513. The molecule has 0 spiro atoms. The van der Waals surface area contributed by atoms with E-state index in [1.807, 2.05) is 0 Å². The molecule has 0 fully saturated rings. The first-order valence-electron chi connectivity index (χ1n) is 6.70. The molecule has 1 heterocycles. The summed E-state index contributed by atoms with van der Waals surface area (Å²) in [4.78, 5) is 47.3. The molecule has 24 heavy (non-hydrogen) atoms. The molecule has 0 saturated heterocycles. The lowest BCUT2D eigenvalue weighted by Gasteiger charge is -2.17. The van der Waals surface area contributed by atoms with E-state index in [1.54, 1.807) is 35.3 Å². The molecule has 0 aliphatic rings. The summed E-state index contributed by atoms with van der Waals surface area (Å²) in [6.07, 6.45) is -1.45. The Kier molecular flexibility index (Phi) is 5.09. The number of rotatable bonds is 6. The Labute approximate surface area is 133 Å². The summed E-state index contributed by atoms with van der Waals surface area (Å²) in [7, 11) is 0. The van der Waals surface area contributed by atoms with Gasteiger partial charge in [-0.3, -0.25) is 19.1 Å². The van der Waals surface area contributed by atoms with Gasteiger partial charge in [0.05, 0.1) is 12.7 Å². The van der Waals surface area contributed by atoms with Crippen molar-refractivity contribution in [3.05, 3.63) is 63.2 Å². The number of nitrogens with zero attached hydrogens (tertiary/aromatic N) is 1. The molecule has 1 unspecified atom stereocenters. The summed E-state index contributed by atoms with van der Waals surface area (Å²) in [5.41, 5.74) is -1.81. The maximum absolute atomic E-state index is 13.3. The Morgan fingerprint density at radius 2 is 1.92 bits per heavy atom. The number of benzene rings is 1. The number of halogens is 1. The highest BCUT2D eigenvalue weighted by Gasteiger charge is 2.24. The number of aliphatic carboxylic acids is 1. The maximum atomic E-state index is 13.3. The van der Waals surface area contributed by atoms with Gasteiger partial charge >= 0.3 is 11.7 Å². The maximum Gasteiger partial charge on any atom is 0.347 e. The Morgan fingerprint density at radius 1 is 1.25 bits per heavy atom. The van der Waals surface area contributed by atoms with Crippen LogP contribution in [0.5, 0.6) is 0 Å². The average Bonchev–Trinajstić information content (AvgIpc) is 2.55. The van der Waals surface area contributed by atoms with Crippen LogP contribution in [0.3, 0.4) is 0 Å².